The maximum atomic E-state index is 12.8. The predicted octanol–water partition coefficient (Wildman–Crippen LogP) is 3.68. The molecule has 1 atom stereocenters. The summed E-state index contributed by atoms with van der Waals surface area (Å²) in [6.07, 6.45) is 4.57. The van der Waals surface area contributed by atoms with Crippen LogP contribution < -0.4 is 10.1 Å². The zero-order valence-electron chi connectivity index (χ0n) is 15.3. The number of carbonyl (C=O) groups is 1. The van der Waals surface area contributed by atoms with Crippen molar-refractivity contribution in [3.8, 4) is 5.75 Å². The van der Waals surface area contributed by atoms with Crippen LogP contribution in [0.4, 0.5) is 0 Å². The third kappa shape index (κ3) is 3.30. The first kappa shape index (κ1) is 17.7. The molecule has 1 amide bonds. The molecule has 0 bridgehead atoms. The van der Waals surface area contributed by atoms with E-state index in [0.29, 0.717) is 23.8 Å². The van der Waals surface area contributed by atoms with Crippen molar-refractivity contribution in [1.29, 1.82) is 0 Å². The predicted molar refractivity (Wildman–Crippen MR) is 104 cm³/mol. The highest BCUT2D eigenvalue weighted by Crippen LogP contribution is 2.38. The minimum Gasteiger partial charge on any atom is -0.486 e. The van der Waals surface area contributed by atoms with E-state index in [1.54, 1.807) is 0 Å². The summed E-state index contributed by atoms with van der Waals surface area (Å²) in [5.41, 5.74) is 1.61. The summed E-state index contributed by atoms with van der Waals surface area (Å²) in [6, 6.07) is 5.65. The molecule has 0 unspecified atom stereocenters. The quantitative estimate of drug-likeness (QED) is 0.783. The van der Waals surface area contributed by atoms with Gasteiger partial charge in [-0.25, -0.2) is 0 Å². The number of halogens is 1. The van der Waals surface area contributed by atoms with Crippen LogP contribution in [0.15, 0.2) is 18.2 Å². The maximum Gasteiger partial charge on any atom is 0.267 e. The largest absolute Gasteiger partial charge is 0.486 e. The molecule has 6 heteroatoms. The molecule has 0 spiro atoms. The standard InChI is InChI=1S/C20H26ClN3O2/c1-2-14-13-24-17(12-15-16(21)6-7-18(26-14)19(15)24)20(25)22-8-5-11-23-9-3-4-10-23/h6-7,12,14H,2-5,8-11,13H2,1H3,(H,22,25)/t14-/m0/s1. The normalized spacial score (nSPS) is 19.7. The molecule has 140 valence electrons. The fourth-order valence-electron chi connectivity index (χ4n) is 4.02. The third-order valence-corrected chi connectivity index (χ3v) is 5.80. The van der Waals surface area contributed by atoms with E-state index >= 15 is 0 Å². The second-order valence-corrected chi connectivity index (χ2v) is 7.66. The summed E-state index contributed by atoms with van der Waals surface area (Å²) in [4.78, 5) is 15.3. The molecule has 26 heavy (non-hydrogen) atoms. The molecule has 1 fully saturated rings. The van der Waals surface area contributed by atoms with Gasteiger partial charge >= 0.3 is 0 Å². The van der Waals surface area contributed by atoms with Crippen LogP contribution in [0.1, 0.15) is 43.1 Å². The van der Waals surface area contributed by atoms with E-state index < -0.39 is 0 Å². The van der Waals surface area contributed by atoms with Crippen LogP contribution in [-0.2, 0) is 6.54 Å². The molecule has 0 aliphatic carbocycles. The maximum absolute atomic E-state index is 12.8. The second-order valence-electron chi connectivity index (χ2n) is 7.25. The Balaban J connectivity index is 1.50. The summed E-state index contributed by atoms with van der Waals surface area (Å²) in [7, 11) is 0. The van der Waals surface area contributed by atoms with E-state index in [9.17, 15) is 4.79 Å². The minimum atomic E-state index is -0.0265. The molecular formula is C20H26ClN3O2. The number of benzene rings is 1. The van der Waals surface area contributed by atoms with E-state index in [-0.39, 0.29) is 12.0 Å². The Morgan fingerprint density at radius 1 is 1.35 bits per heavy atom. The molecule has 0 radical (unpaired) electrons. The first-order valence-electron chi connectivity index (χ1n) is 9.66. The average Bonchev–Trinajstić information content (AvgIpc) is 3.30. The molecule has 4 rings (SSSR count). The highest BCUT2D eigenvalue weighted by molar-refractivity contribution is 6.36. The lowest BCUT2D eigenvalue weighted by Gasteiger charge is -2.26. The number of ether oxygens (including phenoxy) is 1. The number of hydrogen-bond donors (Lipinski definition) is 1. The Morgan fingerprint density at radius 3 is 2.92 bits per heavy atom. The lowest BCUT2D eigenvalue weighted by atomic mass is 10.2. The number of carbonyl (C=O) groups excluding carboxylic acids is 1. The van der Waals surface area contributed by atoms with Crippen molar-refractivity contribution in [3.63, 3.8) is 0 Å². The molecule has 1 saturated heterocycles. The van der Waals surface area contributed by atoms with Crippen molar-refractivity contribution in [2.45, 2.75) is 45.3 Å². The third-order valence-electron chi connectivity index (χ3n) is 5.47. The van der Waals surface area contributed by atoms with Crippen LogP contribution in [-0.4, -0.2) is 47.7 Å². The zero-order chi connectivity index (χ0) is 18.1. The van der Waals surface area contributed by atoms with Gasteiger partial charge in [-0.1, -0.05) is 18.5 Å². The second kappa shape index (κ2) is 7.49. The molecule has 3 heterocycles. The number of nitrogens with one attached hydrogen (secondary N) is 1. The number of aromatic nitrogens is 1. The van der Waals surface area contributed by atoms with E-state index in [4.69, 9.17) is 16.3 Å². The van der Waals surface area contributed by atoms with Gasteiger partial charge in [-0.05, 0) is 63.5 Å². The molecule has 2 aliphatic heterocycles. The summed E-state index contributed by atoms with van der Waals surface area (Å²) in [6.45, 7) is 6.94. The number of amides is 1. The Kier molecular flexibility index (Phi) is 5.09. The molecule has 0 saturated carbocycles. The van der Waals surface area contributed by atoms with E-state index in [2.05, 4.69) is 21.7 Å². The first-order valence-corrected chi connectivity index (χ1v) is 10.0. The van der Waals surface area contributed by atoms with Gasteiger partial charge in [0.2, 0.25) is 0 Å². The van der Waals surface area contributed by atoms with Gasteiger partial charge in [-0.3, -0.25) is 4.79 Å². The summed E-state index contributed by atoms with van der Waals surface area (Å²) in [5.74, 6) is 0.789. The number of hydrogen-bond acceptors (Lipinski definition) is 3. The van der Waals surface area contributed by atoms with Gasteiger partial charge in [0.15, 0.2) is 0 Å². The van der Waals surface area contributed by atoms with Crippen LogP contribution in [0.2, 0.25) is 5.02 Å². The number of nitrogens with zero attached hydrogens (tertiary/aromatic N) is 2. The average molecular weight is 376 g/mol. The van der Waals surface area contributed by atoms with Gasteiger partial charge in [0, 0.05) is 11.9 Å². The fraction of sp³-hybridized carbons (Fsp3) is 0.550. The van der Waals surface area contributed by atoms with E-state index in [1.165, 1.54) is 25.9 Å². The number of rotatable bonds is 6. The molecular weight excluding hydrogens is 350 g/mol. The Labute approximate surface area is 159 Å². The Morgan fingerprint density at radius 2 is 2.15 bits per heavy atom. The SMILES string of the molecule is CC[C@H]1Cn2c(C(=O)NCCCN3CCCC3)cc3c(Cl)ccc(c32)O1. The summed E-state index contributed by atoms with van der Waals surface area (Å²) in [5, 5.41) is 4.63. The minimum absolute atomic E-state index is 0.0265. The monoisotopic (exact) mass is 375 g/mol. The van der Waals surface area contributed by atoms with Gasteiger partial charge in [-0.15, -0.1) is 0 Å². The Hall–Kier alpha value is -1.72. The smallest absolute Gasteiger partial charge is 0.267 e. The highest BCUT2D eigenvalue weighted by atomic mass is 35.5. The van der Waals surface area contributed by atoms with Crippen molar-refractivity contribution >= 4 is 28.4 Å². The van der Waals surface area contributed by atoms with E-state index in [0.717, 1.165) is 36.0 Å². The van der Waals surface area contributed by atoms with Crippen LogP contribution >= 0.6 is 11.6 Å². The molecule has 1 N–H and O–H groups in total. The van der Waals surface area contributed by atoms with E-state index in [1.807, 2.05) is 18.2 Å². The first-order chi connectivity index (χ1) is 12.7. The topological polar surface area (TPSA) is 46.5 Å². The number of likely N-dealkylation sites (tertiary alicyclic amines) is 1. The van der Waals surface area contributed by atoms with Crippen molar-refractivity contribution in [3.05, 3.63) is 28.9 Å². The van der Waals surface area contributed by atoms with Crippen molar-refractivity contribution in [2.75, 3.05) is 26.2 Å². The Bertz CT molecular complexity index is 811. The summed E-state index contributed by atoms with van der Waals surface area (Å²) < 4.78 is 8.11. The summed E-state index contributed by atoms with van der Waals surface area (Å²) >= 11 is 6.36. The molecule has 5 nitrogen and oxygen atoms in total. The lowest BCUT2D eigenvalue weighted by molar-refractivity contribution is 0.0936. The van der Waals surface area contributed by atoms with Gasteiger partial charge in [0.1, 0.15) is 17.5 Å². The molecule has 1 aromatic carbocycles. The molecule has 2 aliphatic rings. The van der Waals surface area contributed by atoms with Crippen molar-refractivity contribution < 1.29 is 9.53 Å². The van der Waals surface area contributed by atoms with Crippen LogP contribution in [0, 0.1) is 0 Å². The molecule has 1 aromatic heterocycles. The lowest BCUT2D eigenvalue weighted by Crippen LogP contribution is -2.32. The van der Waals surface area contributed by atoms with Gasteiger partial charge < -0.3 is 19.5 Å². The van der Waals surface area contributed by atoms with Crippen LogP contribution in [0.25, 0.3) is 10.9 Å². The van der Waals surface area contributed by atoms with Crippen molar-refractivity contribution in [1.82, 2.24) is 14.8 Å². The van der Waals surface area contributed by atoms with Crippen LogP contribution in [0.5, 0.6) is 5.75 Å². The van der Waals surface area contributed by atoms with Gasteiger partial charge in [0.25, 0.3) is 5.91 Å². The zero-order valence-corrected chi connectivity index (χ0v) is 16.0. The van der Waals surface area contributed by atoms with Gasteiger partial charge in [-0.2, -0.15) is 0 Å². The fourth-order valence-corrected chi connectivity index (χ4v) is 4.23. The van der Waals surface area contributed by atoms with Gasteiger partial charge in [0.05, 0.1) is 17.1 Å². The molecule has 2 aromatic rings. The highest BCUT2D eigenvalue weighted by Gasteiger charge is 2.26. The van der Waals surface area contributed by atoms with Crippen molar-refractivity contribution in [2.24, 2.45) is 0 Å². The van der Waals surface area contributed by atoms with Crippen LogP contribution in [0.3, 0.4) is 0 Å².